The maximum Gasteiger partial charge on any atom is 0.279 e. The molecule has 0 radical (unpaired) electrons. The van der Waals surface area contributed by atoms with Gasteiger partial charge < -0.3 is 18.6 Å². The highest BCUT2D eigenvalue weighted by atomic mass is 16.4. The number of hydrogen-bond acceptors (Lipinski definition) is 6. The molecule has 0 bridgehead atoms. The minimum Gasteiger partial charge on any atom is -0.456 e. The average Bonchev–Trinajstić information content (AvgIpc) is 3.97. The predicted molar refractivity (Wildman–Crippen MR) is 294 cm³/mol. The molecule has 0 saturated heterocycles. The maximum atomic E-state index is 7.19. The van der Waals surface area contributed by atoms with Crippen molar-refractivity contribution in [3.8, 4) is 11.1 Å². The van der Waals surface area contributed by atoms with Crippen LogP contribution >= 0.6 is 0 Å². The number of rotatable bonds is 6. The van der Waals surface area contributed by atoms with Crippen LogP contribution in [0.2, 0.25) is 0 Å². The summed E-state index contributed by atoms with van der Waals surface area (Å²) < 4.78 is 13.7. The van der Waals surface area contributed by atoms with E-state index in [0.29, 0.717) is 5.89 Å². The summed E-state index contributed by atoms with van der Waals surface area (Å²) >= 11 is 0. The maximum absolute atomic E-state index is 7.19. The number of fused-ring (bicyclic) bond motifs is 7. The molecule has 8 aromatic carbocycles. The van der Waals surface area contributed by atoms with Gasteiger partial charge in [0.1, 0.15) is 11.2 Å². The third-order valence-electron chi connectivity index (χ3n) is 14.2. The third-order valence-corrected chi connectivity index (χ3v) is 14.2. The number of aromatic nitrogens is 1. The minimum absolute atomic E-state index is 0.00701. The van der Waals surface area contributed by atoms with Crippen molar-refractivity contribution in [1.29, 1.82) is 0 Å². The van der Waals surface area contributed by atoms with Gasteiger partial charge in [0.25, 0.3) is 6.71 Å². The van der Waals surface area contributed by atoms with Crippen LogP contribution < -0.4 is 31.2 Å². The molecule has 70 heavy (non-hydrogen) atoms. The lowest BCUT2D eigenvalue weighted by Crippen LogP contribution is -2.62. The summed E-state index contributed by atoms with van der Waals surface area (Å²) in [7, 11) is 0. The number of benzene rings is 8. The summed E-state index contributed by atoms with van der Waals surface area (Å²) in [4.78, 5) is 12.8. The highest BCUT2D eigenvalue weighted by Gasteiger charge is 2.48. The summed E-state index contributed by atoms with van der Waals surface area (Å²) in [5.41, 5.74) is 17.8. The molecule has 7 heteroatoms. The topological polar surface area (TPSA) is 48.9 Å². The molecule has 0 amide bonds. The van der Waals surface area contributed by atoms with Crippen molar-refractivity contribution < 1.29 is 8.83 Å². The molecule has 6 nitrogen and oxygen atoms in total. The zero-order valence-electron chi connectivity index (χ0n) is 41.5. The molecule has 2 aliphatic rings. The van der Waals surface area contributed by atoms with E-state index in [1.165, 1.54) is 27.6 Å². The van der Waals surface area contributed by atoms with Crippen LogP contribution in [-0.2, 0) is 16.2 Å². The van der Waals surface area contributed by atoms with E-state index in [0.717, 1.165) is 84.5 Å². The van der Waals surface area contributed by atoms with Crippen LogP contribution in [0.4, 0.5) is 51.4 Å². The van der Waals surface area contributed by atoms with Crippen LogP contribution in [0, 0.1) is 0 Å². The zero-order chi connectivity index (χ0) is 48.3. The zero-order valence-corrected chi connectivity index (χ0v) is 41.5. The van der Waals surface area contributed by atoms with Crippen LogP contribution in [0.1, 0.15) is 79.3 Å². The van der Waals surface area contributed by atoms with Gasteiger partial charge in [-0.1, -0.05) is 153 Å². The highest BCUT2D eigenvalue weighted by molar-refractivity contribution is 6.99. The molecule has 2 aliphatic heterocycles. The van der Waals surface area contributed by atoms with Crippen molar-refractivity contribution in [2.75, 3.05) is 14.7 Å². The van der Waals surface area contributed by atoms with E-state index >= 15 is 0 Å². The SMILES string of the molecule is CC(C)(C)c1ccc(N2c3cc(N(c4ccccc4)c4ccccc4)ccc3B3c4nc(C(C)(C)C)oc4N(c4ccc5oc6ccc(-c7ccccc7)cc6c5c4)c4cc(C(C)(C)C)cc2c43)cc1. The van der Waals surface area contributed by atoms with Gasteiger partial charge in [-0.25, -0.2) is 4.98 Å². The minimum atomic E-state index is -0.360. The summed E-state index contributed by atoms with van der Waals surface area (Å²) in [6, 6.07) is 66.1. The number of nitrogens with zero attached hydrogens (tertiary/aromatic N) is 4. The highest BCUT2D eigenvalue weighted by Crippen LogP contribution is 2.49. The third kappa shape index (κ3) is 7.21. The Bertz CT molecular complexity index is 3570. The lowest BCUT2D eigenvalue weighted by molar-refractivity contribution is 0.397. The van der Waals surface area contributed by atoms with Gasteiger partial charge in [0.15, 0.2) is 0 Å². The Hall–Kier alpha value is -7.77. The van der Waals surface area contributed by atoms with E-state index in [2.05, 4.69) is 259 Å². The molecule has 12 rings (SSSR count). The molecular formula is C63H57BN4O2. The van der Waals surface area contributed by atoms with E-state index < -0.39 is 0 Å². The number of hydrogen-bond donors (Lipinski definition) is 0. The van der Waals surface area contributed by atoms with E-state index in [1.807, 2.05) is 0 Å². The second kappa shape index (κ2) is 15.9. The van der Waals surface area contributed by atoms with Crippen LogP contribution in [0.15, 0.2) is 191 Å². The molecule has 2 aromatic heterocycles. The molecule has 0 saturated carbocycles. The van der Waals surface area contributed by atoms with Gasteiger partial charge in [-0.15, -0.1) is 0 Å². The quantitative estimate of drug-likeness (QED) is 0.155. The smallest absolute Gasteiger partial charge is 0.279 e. The number of para-hydroxylation sites is 2. The first-order chi connectivity index (χ1) is 33.6. The first-order valence-electron chi connectivity index (χ1n) is 24.6. The Morgan fingerprint density at radius 1 is 0.443 bits per heavy atom. The molecule has 0 N–H and O–H groups in total. The van der Waals surface area contributed by atoms with Crippen molar-refractivity contribution in [1.82, 2.24) is 4.98 Å². The summed E-state index contributed by atoms with van der Waals surface area (Å²) in [6.07, 6.45) is 0. The fourth-order valence-corrected chi connectivity index (χ4v) is 10.5. The number of furan rings is 1. The lowest BCUT2D eigenvalue weighted by Gasteiger charge is -2.43. The van der Waals surface area contributed by atoms with Crippen molar-refractivity contribution in [2.24, 2.45) is 0 Å². The van der Waals surface area contributed by atoms with Gasteiger partial charge >= 0.3 is 0 Å². The van der Waals surface area contributed by atoms with Crippen molar-refractivity contribution in [2.45, 2.75) is 78.6 Å². The van der Waals surface area contributed by atoms with E-state index in [4.69, 9.17) is 13.8 Å². The Morgan fingerprint density at radius 2 is 1.01 bits per heavy atom. The molecule has 0 fully saturated rings. The first-order valence-corrected chi connectivity index (χ1v) is 24.6. The van der Waals surface area contributed by atoms with Gasteiger partial charge in [-0.3, -0.25) is 4.90 Å². The fourth-order valence-electron chi connectivity index (χ4n) is 10.5. The second-order valence-electron chi connectivity index (χ2n) is 22.1. The standard InChI is InChI=1S/C63H57BN4O2/c1-61(2,3)42-26-28-46(29-27-42)67-52-39-48(66(44-21-15-11-16-22-44)45-23-17-12-18-24-45)30-32-51(52)64-57-53(67)36-43(62(4,5)6)37-54(57)68(59-58(64)65-60(70-59)63(7,8)9)47-31-34-56-50(38-47)49-35-41(25-33-55(49)69-56)40-19-13-10-14-20-40/h10-39H,1-9H3. The average molecular weight is 913 g/mol. The predicted octanol–water partition coefficient (Wildman–Crippen LogP) is 15.7. The molecule has 10 aromatic rings. The van der Waals surface area contributed by atoms with Gasteiger partial charge in [0.2, 0.25) is 11.8 Å². The van der Waals surface area contributed by atoms with Gasteiger partial charge in [0, 0.05) is 61.7 Å². The van der Waals surface area contributed by atoms with E-state index in [9.17, 15) is 0 Å². The summed E-state index contributed by atoms with van der Waals surface area (Å²) in [5, 5.41) is 2.12. The first kappa shape index (κ1) is 43.5. The van der Waals surface area contributed by atoms with Gasteiger partial charge in [-0.05, 0) is 135 Å². The molecule has 0 aliphatic carbocycles. The summed E-state index contributed by atoms with van der Waals surface area (Å²) in [5.74, 6) is 1.44. The van der Waals surface area contributed by atoms with Crippen molar-refractivity contribution in [3.63, 3.8) is 0 Å². The monoisotopic (exact) mass is 912 g/mol. The Morgan fingerprint density at radius 3 is 1.63 bits per heavy atom. The molecular weight excluding hydrogens is 856 g/mol. The Balaban J connectivity index is 1.14. The molecule has 0 spiro atoms. The second-order valence-corrected chi connectivity index (χ2v) is 22.1. The Kier molecular flexibility index (Phi) is 9.88. The van der Waals surface area contributed by atoms with Crippen LogP contribution in [0.3, 0.4) is 0 Å². The normalized spacial score (nSPS) is 13.4. The number of anilines is 9. The molecule has 4 heterocycles. The van der Waals surface area contributed by atoms with Crippen molar-refractivity contribution in [3.05, 3.63) is 199 Å². The van der Waals surface area contributed by atoms with Crippen LogP contribution in [-0.4, -0.2) is 11.7 Å². The molecule has 0 atom stereocenters. The molecule has 344 valence electrons. The van der Waals surface area contributed by atoms with Crippen LogP contribution in [0.25, 0.3) is 33.1 Å². The van der Waals surface area contributed by atoms with Crippen LogP contribution in [0.5, 0.6) is 0 Å². The lowest BCUT2D eigenvalue weighted by atomic mass is 9.35. The Labute approximate surface area is 411 Å². The summed E-state index contributed by atoms with van der Waals surface area (Å²) in [6.45, 7) is 20.1. The fraction of sp³-hybridized carbons (Fsp3) is 0.190. The molecule has 0 unspecified atom stereocenters. The largest absolute Gasteiger partial charge is 0.456 e. The van der Waals surface area contributed by atoms with E-state index in [1.54, 1.807) is 0 Å². The van der Waals surface area contributed by atoms with Gasteiger partial charge in [-0.2, -0.15) is 0 Å². The van der Waals surface area contributed by atoms with Crippen molar-refractivity contribution >= 4 is 96.6 Å². The van der Waals surface area contributed by atoms with Gasteiger partial charge in [0.05, 0.1) is 5.59 Å². The number of oxazole rings is 1. The van der Waals surface area contributed by atoms with E-state index in [-0.39, 0.29) is 23.0 Å².